The van der Waals surface area contributed by atoms with E-state index in [-0.39, 0.29) is 41.8 Å². The molecule has 0 aliphatic heterocycles. The van der Waals surface area contributed by atoms with Crippen LogP contribution in [0.15, 0.2) is 42.5 Å². The standard InChI is InChI=1S/C23H27Cl2FN2O3/c1-4-15(3)27-23(30)20(5-2)28(13-16-6-9-18(26)10-7-16)22(29)14-31-21-11-8-17(24)12-19(21)25/h6-12,15,20H,4-5,13-14H2,1-3H3,(H,27,30). The van der Waals surface area contributed by atoms with Gasteiger partial charge >= 0.3 is 0 Å². The Kier molecular flexibility index (Phi) is 9.59. The Bertz CT molecular complexity index is 893. The second-order valence-corrected chi connectivity index (χ2v) is 8.10. The van der Waals surface area contributed by atoms with Crippen LogP contribution in [0.2, 0.25) is 10.0 Å². The van der Waals surface area contributed by atoms with Crippen LogP contribution in [0, 0.1) is 5.82 Å². The first-order valence-electron chi connectivity index (χ1n) is 10.2. The van der Waals surface area contributed by atoms with E-state index in [1.54, 1.807) is 24.3 Å². The van der Waals surface area contributed by atoms with E-state index in [0.29, 0.717) is 22.8 Å². The molecular weight excluding hydrogens is 442 g/mol. The molecule has 0 aliphatic rings. The summed E-state index contributed by atoms with van der Waals surface area (Å²) in [5, 5.41) is 3.67. The zero-order valence-electron chi connectivity index (χ0n) is 17.8. The molecule has 0 radical (unpaired) electrons. The van der Waals surface area contributed by atoms with Crippen LogP contribution >= 0.6 is 23.2 Å². The van der Waals surface area contributed by atoms with Crippen molar-refractivity contribution in [3.8, 4) is 5.75 Å². The molecule has 2 unspecified atom stereocenters. The second-order valence-electron chi connectivity index (χ2n) is 7.25. The first-order chi connectivity index (χ1) is 14.7. The van der Waals surface area contributed by atoms with Crippen LogP contribution in [0.3, 0.4) is 0 Å². The van der Waals surface area contributed by atoms with E-state index < -0.39 is 6.04 Å². The lowest BCUT2D eigenvalue weighted by atomic mass is 10.1. The minimum atomic E-state index is -0.698. The molecule has 2 aromatic rings. The molecule has 0 aromatic heterocycles. The van der Waals surface area contributed by atoms with Crippen LogP contribution in [-0.4, -0.2) is 35.4 Å². The molecule has 2 aromatic carbocycles. The Balaban J connectivity index is 2.22. The van der Waals surface area contributed by atoms with E-state index in [4.69, 9.17) is 27.9 Å². The van der Waals surface area contributed by atoms with E-state index in [1.807, 2.05) is 20.8 Å². The predicted molar refractivity (Wildman–Crippen MR) is 121 cm³/mol. The van der Waals surface area contributed by atoms with Gasteiger partial charge in [0.05, 0.1) is 5.02 Å². The van der Waals surface area contributed by atoms with Crippen LogP contribution in [-0.2, 0) is 16.1 Å². The molecule has 5 nitrogen and oxygen atoms in total. The van der Waals surface area contributed by atoms with Gasteiger partial charge in [0.25, 0.3) is 5.91 Å². The maximum Gasteiger partial charge on any atom is 0.261 e. The lowest BCUT2D eigenvalue weighted by Crippen LogP contribution is -2.51. The summed E-state index contributed by atoms with van der Waals surface area (Å²) in [7, 11) is 0. The van der Waals surface area contributed by atoms with Crippen LogP contribution < -0.4 is 10.1 Å². The Hall–Kier alpha value is -2.31. The van der Waals surface area contributed by atoms with Crippen molar-refractivity contribution in [2.24, 2.45) is 0 Å². The van der Waals surface area contributed by atoms with Crippen LogP contribution in [0.25, 0.3) is 0 Å². The number of hydrogen-bond donors (Lipinski definition) is 1. The predicted octanol–water partition coefficient (Wildman–Crippen LogP) is 5.23. The monoisotopic (exact) mass is 468 g/mol. The first-order valence-corrected chi connectivity index (χ1v) is 10.9. The lowest BCUT2D eigenvalue weighted by molar-refractivity contribution is -0.143. The quantitative estimate of drug-likeness (QED) is 0.518. The average molecular weight is 469 g/mol. The van der Waals surface area contributed by atoms with Crippen molar-refractivity contribution in [1.29, 1.82) is 0 Å². The Labute approximate surface area is 192 Å². The third-order valence-electron chi connectivity index (χ3n) is 4.90. The van der Waals surface area contributed by atoms with Crippen molar-refractivity contribution in [3.63, 3.8) is 0 Å². The molecule has 0 saturated heterocycles. The zero-order valence-corrected chi connectivity index (χ0v) is 19.3. The Morgan fingerprint density at radius 3 is 2.35 bits per heavy atom. The molecule has 0 heterocycles. The van der Waals surface area contributed by atoms with Gasteiger partial charge in [-0.05, 0) is 55.7 Å². The largest absolute Gasteiger partial charge is 0.482 e. The maximum atomic E-state index is 13.3. The topological polar surface area (TPSA) is 58.6 Å². The summed E-state index contributed by atoms with van der Waals surface area (Å²) in [6, 6.07) is 9.81. The van der Waals surface area contributed by atoms with Gasteiger partial charge in [0, 0.05) is 17.6 Å². The summed E-state index contributed by atoms with van der Waals surface area (Å²) in [6.45, 7) is 5.54. The summed E-state index contributed by atoms with van der Waals surface area (Å²) in [5.74, 6) is -0.680. The molecule has 2 rings (SSSR count). The van der Waals surface area contributed by atoms with Crippen molar-refractivity contribution < 1.29 is 18.7 Å². The van der Waals surface area contributed by atoms with Gasteiger partial charge < -0.3 is 15.0 Å². The summed E-state index contributed by atoms with van der Waals surface area (Å²) in [5.41, 5.74) is 0.703. The second kappa shape index (κ2) is 11.9. The van der Waals surface area contributed by atoms with Crippen molar-refractivity contribution in [1.82, 2.24) is 10.2 Å². The minimum absolute atomic E-state index is 0.0200. The fraction of sp³-hybridized carbons (Fsp3) is 0.391. The normalized spacial score (nSPS) is 12.7. The molecule has 0 saturated carbocycles. The number of carbonyl (C=O) groups is 2. The van der Waals surface area contributed by atoms with Gasteiger partial charge in [0.2, 0.25) is 5.91 Å². The molecular formula is C23H27Cl2FN2O3. The van der Waals surface area contributed by atoms with Gasteiger partial charge in [-0.1, -0.05) is 49.2 Å². The number of halogens is 3. The van der Waals surface area contributed by atoms with Gasteiger partial charge in [-0.2, -0.15) is 0 Å². The molecule has 0 fully saturated rings. The molecule has 0 aliphatic carbocycles. The van der Waals surface area contributed by atoms with E-state index in [1.165, 1.54) is 23.1 Å². The number of nitrogens with one attached hydrogen (secondary N) is 1. The number of rotatable bonds is 10. The summed E-state index contributed by atoms with van der Waals surface area (Å²) in [6.07, 6.45) is 1.18. The first kappa shape index (κ1) is 25.0. The Morgan fingerprint density at radius 1 is 1.10 bits per heavy atom. The van der Waals surface area contributed by atoms with Crippen LogP contribution in [0.5, 0.6) is 5.75 Å². The van der Waals surface area contributed by atoms with Gasteiger partial charge in [0.15, 0.2) is 6.61 Å². The molecule has 2 atom stereocenters. The van der Waals surface area contributed by atoms with E-state index in [0.717, 1.165) is 6.42 Å². The third-order valence-corrected chi connectivity index (χ3v) is 5.43. The zero-order chi connectivity index (χ0) is 23.0. The van der Waals surface area contributed by atoms with Gasteiger partial charge in [-0.3, -0.25) is 9.59 Å². The highest BCUT2D eigenvalue weighted by Gasteiger charge is 2.29. The number of benzene rings is 2. The summed E-state index contributed by atoms with van der Waals surface area (Å²) >= 11 is 12.0. The highest BCUT2D eigenvalue weighted by atomic mass is 35.5. The van der Waals surface area contributed by atoms with Gasteiger partial charge in [0.1, 0.15) is 17.6 Å². The fourth-order valence-corrected chi connectivity index (χ4v) is 3.42. The third kappa shape index (κ3) is 7.40. The fourth-order valence-electron chi connectivity index (χ4n) is 2.96. The lowest BCUT2D eigenvalue weighted by Gasteiger charge is -2.31. The van der Waals surface area contributed by atoms with Crippen molar-refractivity contribution in [2.75, 3.05) is 6.61 Å². The highest BCUT2D eigenvalue weighted by molar-refractivity contribution is 6.35. The molecule has 1 N–H and O–H groups in total. The van der Waals surface area contributed by atoms with Gasteiger partial charge in [-0.15, -0.1) is 0 Å². The maximum absolute atomic E-state index is 13.3. The molecule has 8 heteroatoms. The van der Waals surface area contributed by atoms with Crippen LogP contribution in [0.4, 0.5) is 4.39 Å². The van der Waals surface area contributed by atoms with E-state index in [2.05, 4.69) is 5.32 Å². The minimum Gasteiger partial charge on any atom is -0.482 e. The highest BCUT2D eigenvalue weighted by Crippen LogP contribution is 2.27. The van der Waals surface area contributed by atoms with E-state index >= 15 is 0 Å². The number of hydrogen-bond acceptors (Lipinski definition) is 3. The van der Waals surface area contributed by atoms with Crippen LogP contribution in [0.1, 0.15) is 39.2 Å². The number of carbonyl (C=O) groups excluding carboxylic acids is 2. The molecule has 0 bridgehead atoms. The molecule has 0 spiro atoms. The number of amides is 2. The van der Waals surface area contributed by atoms with Crippen molar-refractivity contribution >= 4 is 35.0 Å². The smallest absolute Gasteiger partial charge is 0.261 e. The SMILES string of the molecule is CCC(C)NC(=O)C(CC)N(Cc1ccc(F)cc1)C(=O)COc1ccc(Cl)cc1Cl. The number of ether oxygens (including phenoxy) is 1. The number of nitrogens with zero attached hydrogens (tertiary/aromatic N) is 1. The molecule has 168 valence electrons. The van der Waals surface area contributed by atoms with Gasteiger partial charge in [-0.25, -0.2) is 4.39 Å². The van der Waals surface area contributed by atoms with Crippen molar-refractivity contribution in [2.45, 2.75) is 52.2 Å². The van der Waals surface area contributed by atoms with E-state index in [9.17, 15) is 14.0 Å². The average Bonchev–Trinajstić information content (AvgIpc) is 2.74. The van der Waals surface area contributed by atoms with Crippen molar-refractivity contribution in [3.05, 3.63) is 63.9 Å². The summed E-state index contributed by atoms with van der Waals surface area (Å²) < 4.78 is 18.9. The molecule has 31 heavy (non-hydrogen) atoms. The summed E-state index contributed by atoms with van der Waals surface area (Å²) in [4.78, 5) is 27.4. The Morgan fingerprint density at radius 2 is 1.77 bits per heavy atom. The molecule has 2 amide bonds.